The quantitative estimate of drug-likeness (QED) is 0.906. The van der Waals surface area contributed by atoms with Crippen LogP contribution in [0.4, 0.5) is 4.79 Å². The first kappa shape index (κ1) is 12.7. The molecular formula is C14H16N4O2. The fraction of sp³-hybridized carbons (Fsp3) is 0.357. The van der Waals surface area contributed by atoms with Crippen molar-refractivity contribution in [3.05, 3.63) is 35.9 Å². The van der Waals surface area contributed by atoms with Gasteiger partial charge >= 0.3 is 6.09 Å². The molecule has 0 saturated carbocycles. The summed E-state index contributed by atoms with van der Waals surface area (Å²) < 4.78 is 1.76. The topological polar surface area (TPSA) is 71.2 Å². The molecule has 104 valence electrons. The van der Waals surface area contributed by atoms with Crippen LogP contribution in [0.5, 0.6) is 0 Å². The highest BCUT2D eigenvalue weighted by Gasteiger charge is 2.32. The number of nitrogens with zero attached hydrogens (tertiary/aromatic N) is 4. The fourth-order valence-electron chi connectivity index (χ4n) is 2.46. The van der Waals surface area contributed by atoms with Gasteiger partial charge in [0.25, 0.3) is 0 Å². The third-order valence-corrected chi connectivity index (χ3v) is 3.58. The minimum absolute atomic E-state index is 0.196. The van der Waals surface area contributed by atoms with Crippen LogP contribution in [-0.4, -0.2) is 44.0 Å². The van der Waals surface area contributed by atoms with E-state index >= 15 is 0 Å². The molecule has 1 saturated heterocycles. The summed E-state index contributed by atoms with van der Waals surface area (Å²) in [5.41, 5.74) is 4.03. The maximum Gasteiger partial charge on any atom is 0.407 e. The van der Waals surface area contributed by atoms with E-state index in [1.807, 2.05) is 38.5 Å². The second kappa shape index (κ2) is 4.63. The number of hydrogen-bond donors (Lipinski definition) is 1. The van der Waals surface area contributed by atoms with Gasteiger partial charge in [-0.05, 0) is 24.6 Å². The SMILES string of the molecule is Cc1cc(-c2cnn(C)c2)cc(C2CN(C(=O)O)C2)n1. The number of carbonyl (C=O) groups is 1. The lowest BCUT2D eigenvalue weighted by Crippen LogP contribution is -2.48. The molecule has 0 aromatic carbocycles. The molecule has 6 heteroatoms. The van der Waals surface area contributed by atoms with Crippen LogP contribution in [0.3, 0.4) is 0 Å². The zero-order valence-corrected chi connectivity index (χ0v) is 11.4. The van der Waals surface area contributed by atoms with Crippen molar-refractivity contribution in [2.45, 2.75) is 12.8 Å². The van der Waals surface area contributed by atoms with Crippen molar-refractivity contribution in [1.29, 1.82) is 0 Å². The third kappa shape index (κ3) is 2.24. The molecule has 0 aliphatic carbocycles. The molecule has 0 spiro atoms. The van der Waals surface area contributed by atoms with E-state index in [2.05, 4.69) is 10.1 Å². The maximum absolute atomic E-state index is 10.8. The fourth-order valence-corrected chi connectivity index (χ4v) is 2.46. The standard InChI is InChI=1S/C14H16N4O2/c1-9-3-10(11-5-15-17(2)6-11)4-13(16-9)12-7-18(8-12)14(19)20/h3-6,12H,7-8H2,1-2H3,(H,19,20). The first-order chi connectivity index (χ1) is 9.52. The van der Waals surface area contributed by atoms with Crippen molar-refractivity contribution in [2.75, 3.05) is 13.1 Å². The molecule has 1 N–H and O–H groups in total. The zero-order valence-electron chi connectivity index (χ0n) is 11.4. The molecule has 1 aliphatic rings. The van der Waals surface area contributed by atoms with E-state index in [1.54, 1.807) is 4.68 Å². The van der Waals surface area contributed by atoms with Gasteiger partial charge in [0.05, 0.1) is 6.20 Å². The van der Waals surface area contributed by atoms with Gasteiger partial charge in [-0.3, -0.25) is 9.67 Å². The molecule has 3 heterocycles. The van der Waals surface area contributed by atoms with Crippen LogP contribution >= 0.6 is 0 Å². The van der Waals surface area contributed by atoms with Gasteiger partial charge in [-0.25, -0.2) is 4.79 Å². The van der Waals surface area contributed by atoms with Crippen molar-refractivity contribution in [1.82, 2.24) is 19.7 Å². The highest BCUT2D eigenvalue weighted by Crippen LogP contribution is 2.29. The Bertz CT molecular complexity index is 659. The monoisotopic (exact) mass is 272 g/mol. The molecule has 2 aromatic rings. The lowest BCUT2D eigenvalue weighted by atomic mass is 9.94. The van der Waals surface area contributed by atoms with Crippen LogP contribution in [0.2, 0.25) is 0 Å². The summed E-state index contributed by atoms with van der Waals surface area (Å²) in [4.78, 5) is 16.7. The van der Waals surface area contributed by atoms with E-state index in [9.17, 15) is 4.79 Å². The summed E-state index contributed by atoms with van der Waals surface area (Å²) in [5, 5.41) is 13.1. The molecule has 0 unspecified atom stereocenters. The second-order valence-corrected chi connectivity index (χ2v) is 5.21. The van der Waals surface area contributed by atoms with E-state index in [-0.39, 0.29) is 5.92 Å². The summed E-state index contributed by atoms with van der Waals surface area (Å²) in [6.45, 7) is 3.01. The van der Waals surface area contributed by atoms with Crippen LogP contribution < -0.4 is 0 Å². The normalized spacial score (nSPS) is 15.2. The first-order valence-electron chi connectivity index (χ1n) is 6.48. The minimum Gasteiger partial charge on any atom is -0.465 e. The van der Waals surface area contributed by atoms with Gasteiger partial charge in [0.1, 0.15) is 0 Å². The highest BCUT2D eigenvalue weighted by atomic mass is 16.4. The zero-order chi connectivity index (χ0) is 14.3. The Morgan fingerprint density at radius 2 is 2.10 bits per heavy atom. The predicted octanol–water partition coefficient (Wildman–Crippen LogP) is 1.87. The molecule has 6 nitrogen and oxygen atoms in total. The van der Waals surface area contributed by atoms with E-state index in [4.69, 9.17) is 5.11 Å². The summed E-state index contributed by atoms with van der Waals surface area (Å²) in [5.74, 6) is 0.196. The van der Waals surface area contributed by atoms with Gasteiger partial charge in [0, 0.05) is 49.2 Å². The van der Waals surface area contributed by atoms with E-state index < -0.39 is 6.09 Å². The van der Waals surface area contributed by atoms with Gasteiger partial charge < -0.3 is 10.0 Å². The molecule has 0 bridgehead atoms. The Morgan fingerprint density at radius 1 is 1.35 bits per heavy atom. The molecule has 20 heavy (non-hydrogen) atoms. The number of rotatable bonds is 2. The predicted molar refractivity (Wildman–Crippen MR) is 73.5 cm³/mol. The molecule has 3 rings (SSSR count). The van der Waals surface area contributed by atoms with Crippen molar-refractivity contribution >= 4 is 6.09 Å². The minimum atomic E-state index is -0.860. The van der Waals surface area contributed by atoms with Crippen LogP contribution in [0.1, 0.15) is 17.3 Å². The average molecular weight is 272 g/mol. The molecule has 2 aromatic heterocycles. The van der Waals surface area contributed by atoms with Crippen molar-refractivity contribution in [3.8, 4) is 11.1 Å². The number of hydrogen-bond acceptors (Lipinski definition) is 3. The van der Waals surface area contributed by atoms with Crippen LogP contribution in [0, 0.1) is 6.92 Å². The Balaban J connectivity index is 1.86. The van der Waals surface area contributed by atoms with Crippen LogP contribution in [0.15, 0.2) is 24.5 Å². The number of aryl methyl sites for hydroxylation is 2. The number of pyridine rings is 1. The average Bonchev–Trinajstić information content (AvgIpc) is 2.72. The van der Waals surface area contributed by atoms with E-state index in [0.29, 0.717) is 13.1 Å². The van der Waals surface area contributed by atoms with Gasteiger partial charge in [-0.1, -0.05) is 0 Å². The molecule has 1 amide bonds. The highest BCUT2D eigenvalue weighted by molar-refractivity contribution is 5.67. The first-order valence-corrected chi connectivity index (χ1v) is 6.48. The molecule has 0 atom stereocenters. The molecular weight excluding hydrogens is 256 g/mol. The molecule has 1 fully saturated rings. The van der Waals surface area contributed by atoms with Crippen molar-refractivity contribution in [3.63, 3.8) is 0 Å². The second-order valence-electron chi connectivity index (χ2n) is 5.21. The summed E-state index contributed by atoms with van der Waals surface area (Å²) in [6, 6.07) is 4.06. The Morgan fingerprint density at radius 3 is 2.70 bits per heavy atom. The Hall–Kier alpha value is -2.37. The largest absolute Gasteiger partial charge is 0.465 e. The maximum atomic E-state index is 10.8. The Kier molecular flexibility index (Phi) is 2.93. The number of likely N-dealkylation sites (tertiary alicyclic amines) is 1. The third-order valence-electron chi connectivity index (χ3n) is 3.58. The van der Waals surface area contributed by atoms with Crippen LogP contribution in [0.25, 0.3) is 11.1 Å². The van der Waals surface area contributed by atoms with E-state index in [1.165, 1.54) is 4.90 Å². The summed E-state index contributed by atoms with van der Waals surface area (Å²) >= 11 is 0. The molecule has 1 aliphatic heterocycles. The van der Waals surface area contributed by atoms with Gasteiger partial charge in [-0.2, -0.15) is 5.10 Å². The van der Waals surface area contributed by atoms with Gasteiger partial charge in [0.2, 0.25) is 0 Å². The smallest absolute Gasteiger partial charge is 0.407 e. The summed E-state index contributed by atoms with van der Waals surface area (Å²) in [7, 11) is 1.88. The molecule has 0 radical (unpaired) electrons. The number of carboxylic acid groups (broad SMARTS) is 1. The van der Waals surface area contributed by atoms with E-state index in [0.717, 1.165) is 22.5 Å². The number of amides is 1. The summed E-state index contributed by atoms with van der Waals surface area (Å²) in [6.07, 6.45) is 2.92. The van der Waals surface area contributed by atoms with Crippen molar-refractivity contribution < 1.29 is 9.90 Å². The lowest BCUT2D eigenvalue weighted by Gasteiger charge is -2.36. The lowest BCUT2D eigenvalue weighted by molar-refractivity contribution is 0.104. The Labute approximate surface area is 116 Å². The van der Waals surface area contributed by atoms with Gasteiger partial charge in [0.15, 0.2) is 0 Å². The van der Waals surface area contributed by atoms with Crippen molar-refractivity contribution in [2.24, 2.45) is 7.05 Å². The van der Waals surface area contributed by atoms with Crippen LogP contribution in [-0.2, 0) is 7.05 Å². The van der Waals surface area contributed by atoms with Gasteiger partial charge in [-0.15, -0.1) is 0 Å². The number of aromatic nitrogens is 3.